The molecular formula is C51H30F51P. The van der Waals surface area contributed by atoms with Crippen LogP contribution in [0.2, 0.25) is 0 Å². The lowest BCUT2D eigenvalue weighted by atomic mass is 9.87. The molecule has 52 heteroatoms. The second kappa shape index (κ2) is 26.1. The van der Waals surface area contributed by atoms with E-state index in [1.54, 1.807) is 0 Å². The zero-order valence-corrected chi connectivity index (χ0v) is 49.6. The first kappa shape index (κ1) is 91.7. The van der Waals surface area contributed by atoms with E-state index in [2.05, 4.69) is 0 Å². The number of hydrogen-bond donors (Lipinski definition) is 0. The van der Waals surface area contributed by atoms with Crippen LogP contribution in [0.3, 0.4) is 0 Å². The summed E-state index contributed by atoms with van der Waals surface area (Å²) in [6, 6.07) is 3.77. The third-order valence-corrected chi connectivity index (χ3v) is 17.9. The average molecular weight is 1640 g/mol. The lowest BCUT2D eigenvalue weighted by Gasteiger charge is -2.42. The molecule has 3 rings (SSSR count). The Morgan fingerprint density at radius 1 is 0.214 bits per heavy atom. The SMILES string of the molecule is Cc1cc(P(c2ccc(CCC(F)(F)C(F)(F)C(F)(F)C(F)(F)C(F)(F)C(F)(F)C(F)(F)C(F)(F)F)cc2C)c2ccc(CCC(F)(F)C(F)(F)C(F)(F)C(F)(F)C(F)(F)C(F)(F)C(F)(F)C(F)(F)F)cc2C)ccc1CCC(F)(F)C(F)(F)C(F)(F)C(F)(F)C(F)(F)C(F)(F)C(F)(F)C(F)(F)F. The van der Waals surface area contributed by atoms with Crippen molar-refractivity contribution in [2.75, 3.05) is 0 Å². The number of alkyl halides is 51. The molecule has 0 aromatic heterocycles. The highest BCUT2D eigenvalue weighted by molar-refractivity contribution is 7.80. The maximum atomic E-state index is 15.0. The van der Waals surface area contributed by atoms with Gasteiger partial charge in [0.2, 0.25) is 0 Å². The van der Waals surface area contributed by atoms with Crippen molar-refractivity contribution in [3.05, 3.63) is 88.0 Å². The van der Waals surface area contributed by atoms with Crippen LogP contribution < -0.4 is 15.9 Å². The lowest BCUT2D eigenvalue weighted by Crippen LogP contribution is -2.74. The first-order chi connectivity index (χ1) is 44.7. The summed E-state index contributed by atoms with van der Waals surface area (Å²) in [7, 11) is -3.01. The largest absolute Gasteiger partial charge is 0.460 e. The summed E-state index contributed by atoms with van der Waals surface area (Å²) in [6.45, 7) is 1.99. The molecule has 0 aliphatic heterocycles. The fourth-order valence-corrected chi connectivity index (χ4v) is 11.4. The number of benzene rings is 3. The predicted molar refractivity (Wildman–Crippen MR) is 246 cm³/mol. The van der Waals surface area contributed by atoms with Crippen LogP contribution in [0.15, 0.2) is 54.6 Å². The predicted octanol–water partition coefficient (Wildman–Crippen LogP) is 22.2. The van der Waals surface area contributed by atoms with Crippen LogP contribution in [-0.4, -0.2) is 143 Å². The zero-order chi connectivity index (χ0) is 82.4. The molecular weight excluding hydrogens is 1610 g/mol. The maximum absolute atomic E-state index is 15.0. The normalized spacial score (nSPS) is 16.0. The van der Waals surface area contributed by atoms with Crippen molar-refractivity contribution in [3.8, 4) is 0 Å². The molecule has 103 heavy (non-hydrogen) atoms. The molecule has 0 nitrogen and oxygen atoms in total. The fraction of sp³-hybridized carbons (Fsp3) is 0.647. The fourth-order valence-electron chi connectivity index (χ4n) is 8.71. The summed E-state index contributed by atoms with van der Waals surface area (Å²) in [6.07, 6.45) is -39.9. The maximum Gasteiger partial charge on any atom is 0.460 e. The van der Waals surface area contributed by atoms with Gasteiger partial charge >= 0.3 is 143 Å². The summed E-state index contributed by atoms with van der Waals surface area (Å²) in [5, 5.41) is -1.70. The zero-order valence-electron chi connectivity index (χ0n) is 48.7. The topological polar surface area (TPSA) is 0 Å². The molecule has 0 N–H and O–H groups in total. The van der Waals surface area contributed by atoms with Crippen molar-refractivity contribution in [2.45, 2.75) is 202 Å². The summed E-state index contributed by atoms with van der Waals surface area (Å²) in [5.41, 5.74) is -5.23. The molecule has 0 saturated carbocycles. The van der Waals surface area contributed by atoms with Crippen LogP contribution in [-0.2, 0) is 19.3 Å². The Morgan fingerprint density at radius 2 is 0.417 bits per heavy atom. The quantitative estimate of drug-likeness (QED) is 0.0461. The molecule has 0 heterocycles. The van der Waals surface area contributed by atoms with Crippen LogP contribution in [0.4, 0.5) is 224 Å². The van der Waals surface area contributed by atoms with E-state index >= 15 is 0 Å². The summed E-state index contributed by atoms with van der Waals surface area (Å²) >= 11 is 0. The molecule has 0 amide bonds. The van der Waals surface area contributed by atoms with Gasteiger partial charge in [0, 0.05) is 19.3 Å². The number of hydrogen-bond acceptors (Lipinski definition) is 0. The molecule has 3 aromatic carbocycles. The Morgan fingerprint density at radius 3 is 0.621 bits per heavy atom. The molecule has 0 spiro atoms. The van der Waals surface area contributed by atoms with Crippen molar-refractivity contribution in [3.63, 3.8) is 0 Å². The highest BCUT2D eigenvalue weighted by Gasteiger charge is 2.98. The van der Waals surface area contributed by atoms with E-state index in [-0.39, 0.29) is 0 Å². The van der Waals surface area contributed by atoms with Crippen molar-refractivity contribution >= 4 is 23.8 Å². The lowest BCUT2D eigenvalue weighted by molar-refractivity contribution is -0.461. The van der Waals surface area contributed by atoms with E-state index in [9.17, 15) is 224 Å². The Balaban J connectivity index is 2.27. The Bertz CT molecular complexity index is 3350. The minimum Gasteiger partial charge on any atom is -0.200 e. The minimum absolute atomic E-state index is 0.318. The molecule has 0 atom stereocenters. The first-order valence-corrected chi connectivity index (χ1v) is 27.2. The third-order valence-electron chi connectivity index (χ3n) is 15.1. The molecule has 596 valence electrons. The molecule has 3 aromatic rings. The highest BCUT2D eigenvalue weighted by Crippen LogP contribution is 2.69. The van der Waals surface area contributed by atoms with Crippen LogP contribution in [0.1, 0.15) is 52.6 Å². The Labute approximate surface area is 538 Å². The Kier molecular flexibility index (Phi) is 23.3. The van der Waals surface area contributed by atoms with Gasteiger partial charge in [0.15, 0.2) is 0 Å². The molecule has 0 saturated heterocycles. The van der Waals surface area contributed by atoms with E-state index in [0.29, 0.717) is 75.4 Å². The molecule has 0 fully saturated rings. The van der Waals surface area contributed by atoms with Crippen molar-refractivity contribution in [2.24, 2.45) is 0 Å². The molecule has 0 bridgehead atoms. The van der Waals surface area contributed by atoms with E-state index < -0.39 is 239 Å². The van der Waals surface area contributed by atoms with Crippen LogP contribution in [0.25, 0.3) is 0 Å². The molecule has 0 radical (unpaired) electrons. The number of rotatable bonds is 30. The second-order valence-electron chi connectivity index (χ2n) is 22.1. The molecule has 0 aliphatic rings. The molecule has 0 unspecified atom stereocenters. The van der Waals surface area contributed by atoms with Gasteiger partial charge in [0.05, 0.1) is 0 Å². The van der Waals surface area contributed by atoms with Crippen LogP contribution >= 0.6 is 7.92 Å². The van der Waals surface area contributed by atoms with Crippen LogP contribution in [0.5, 0.6) is 0 Å². The highest BCUT2D eigenvalue weighted by atomic mass is 31.1. The summed E-state index contributed by atoms with van der Waals surface area (Å²) < 4.78 is 710. The minimum atomic E-state index is -9.06. The number of halogens is 51. The summed E-state index contributed by atoms with van der Waals surface area (Å²) in [5.74, 6) is -179. The Hall–Kier alpha value is -5.48. The van der Waals surface area contributed by atoms with Gasteiger partial charge in [-0.2, -0.15) is 224 Å². The van der Waals surface area contributed by atoms with Gasteiger partial charge in [-0.1, -0.05) is 54.6 Å². The second-order valence-corrected chi connectivity index (χ2v) is 24.3. The van der Waals surface area contributed by atoms with Crippen molar-refractivity contribution in [1.29, 1.82) is 0 Å². The van der Waals surface area contributed by atoms with Gasteiger partial charge in [0.25, 0.3) is 0 Å². The van der Waals surface area contributed by atoms with Crippen molar-refractivity contribution < 1.29 is 224 Å². The summed E-state index contributed by atoms with van der Waals surface area (Å²) in [4.78, 5) is 0. The van der Waals surface area contributed by atoms with Gasteiger partial charge in [0.1, 0.15) is 0 Å². The van der Waals surface area contributed by atoms with Gasteiger partial charge in [-0.3, -0.25) is 0 Å². The van der Waals surface area contributed by atoms with Gasteiger partial charge in [-0.05, 0) is 97.2 Å². The molecule has 0 aliphatic carbocycles. The monoisotopic (exact) mass is 1640 g/mol. The average Bonchev–Trinajstić information content (AvgIpc) is 0.706. The van der Waals surface area contributed by atoms with E-state index in [1.807, 2.05) is 0 Å². The van der Waals surface area contributed by atoms with Crippen molar-refractivity contribution in [1.82, 2.24) is 0 Å². The van der Waals surface area contributed by atoms with Crippen LogP contribution in [0, 0.1) is 20.8 Å². The first-order valence-electron chi connectivity index (χ1n) is 25.9. The number of aryl methyl sites for hydroxylation is 6. The standard InChI is InChI=1S/C51H30F51P/c1-19-18-25(7-6-24(19)12-15-30(56,57)33(62,63)36(68,69)39(74,75)42(80,81)45(86,87)48(92,93)51(100,101)102)103(26-8-4-22(16-20(26)2)10-13-28(52,53)31(58,59)34(64,65)37(70,71)40(76,77)43(82,83)46(88,89)49(94,95)96)27-9-5-23(17-21(27)3)11-14-29(54,55)32(60,61)35(66,67)38(72,73)41(78,79)44(84,85)47(90,91)50(97,98)99/h4-9,16-18H,10-15H2,1-3H3. The van der Waals surface area contributed by atoms with Gasteiger partial charge in [-0.15, -0.1) is 0 Å². The van der Waals surface area contributed by atoms with E-state index in [0.717, 1.165) is 0 Å². The van der Waals surface area contributed by atoms with Gasteiger partial charge in [-0.25, -0.2) is 0 Å². The smallest absolute Gasteiger partial charge is 0.200 e. The van der Waals surface area contributed by atoms with E-state index in [4.69, 9.17) is 0 Å². The van der Waals surface area contributed by atoms with E-state index in [1.165, 1.54) is 0 Å². The third kappa shape index (κ3) is 13.5. The van der Waals surface area contributed by atoms with Gasteiger partial charge < -0.3 is 0 Å².